The van der Waals surface area contributed by atoms with E-state index in [4.69, 9.17) is 0 Å². The largest absolute Gasteiger partial charge is 0.356 e. The topological polar surface area (TPSA) is 41.1 Å². The molecule has 14 heavy (non-hydrogen) atoms. The number of rotatable bonds is 5. The van der Waals surface area contributed by atoms with Gasteiger partial charge < -0.3 is 10.6 Å². The number of amides is 1. The van der Waals surface area contributed by atoms with E-state index in [0.29, 0.717) is 5.92 Å². The first kappa shape index (κ1) is 11.9. The molecule has 0 saturated carbocycles. The van der Waals surface area contributed by atoms with Crippen LogP contribution in [0.3, 0.4) is 0 Å². The third kappa shape index (κ3) is 3.88. The van der Waals surface area contributed by atoms with Crippen LogP contribution in [0, 0.1) is 11.8 Å². The molecule has 2 N–H and O–H groups in total. The summed E-state index contributed by atoms with van der Waals surface area (Å²) in [6.07, 6.45) is 1.26. The van der Waals surface area contributed by atoms with Crippen molar-refractivity contribution in [2.24, 2.45) is 11.8 Å². The number of thioether (sulfide) groups is 1. The maximum Gasteiger partial charge on any atom is 0.224 e. The molecule has 1 amide bonds. The molecule has 0 radical (unpaired) electrons. The number of nitrogens with one attached hydrogen (secondary N) is 2. The highest BCUT2D eigenvalue weighted by Gasteiger charge is 2.17. The van der Waals surface area contributed by atoms with Crippen LogP contribution in [0.5, 0.6) is 0 Å². The van der Waals surface area contributed by atoms with E-state index in [-0.39, 0.29) is 11.8 Å². The molecule has 2 unspecified atom stereocenters. The summed E-state index contributed by atoms with van der Waals surface area (Å²) in [4.78, 5) is 11.5. The second-order valence-corrected chi connectivity index (χ2v) is 5.08. The number of carbonyl (C=O) groups is 1. The van der Waals surface area contributed by atoms with Crippen molar-refractivity contribution in [2.45, 2.75) is 13.3 Å². The molecule has 0 spiro atoms. The molecule has 1 aliphatic rings. The lowest BCUT2D eigenvalue weighted by molar-refractivity contribution is -0.124. The zero-order chi connectivity index (χ0) is 10.4. The van der Waals surface area contributed by atoms with E-state index >= 15 is 0 Å². The van der Waals surface area contributed by atoms with E-state index in [1.165, 1.54) is 17.9 Å². The quantitative estimate of drug-likeness (QED) is 0.711. The van der Waals surface area contributed by atoms with Crippen molar-refractivity contribution in [3.05, 3.63) is 0 Å². The van der Waals surface area contributed by atoms with Crippen LogP contribution in [-0.2, 0) is 4.79 Å². The van der Waals surface area contributed by atoms with Gasteiger partial charge in [-0.05, 0) is 30.9 Å². The molecule has 1 rings (SSSR count). The molecule has 3 nitrogen and oxygen atoms in total. The van der Waals surface area contributed by atoms with Crippen LogP contribution in [0.1, 0.15) is 13.3 Å². The van der Waals surface area contributed by atoms with E-state index in [2.05, 4.69) is 10.6 Å². The van der Waals surface area contributed by atoms with Crippen LogP contribution >= 0.6 is 11.8 Å². The van der Waals surface area contributed by atoms with E-state index < -0.39 is 0 Å². The average molecular weight is 216 g/mol. The Morgan fingerprint density at radius 2 is 2.43 bits per heavy atom. The van der Waals surface area contributed by atoms with Gasteiger partial charge >= 0.3 is 0 Å². The highest BCUT2D eigenvalue weighted by atomic mass is 32.2. The summed E-state index contributed by atoms with van der Waals surface area (Å²) in [6.45, 7) is 3.57. The molecule has 82 valence electrons. The summed E-state index contributed by atoms with van der Waals surface area (Å²) in [5, 5.41) is 6.03. The minimum absolute atomic E-state index is 0.0778. The minimum atomic E-state index is 0.0778. The van der Waals surface area contributed by atoms with Crippen molar-refractivity contribution < 1.29 is 4.79 Å². The lowest BCUT2D eigenvalue weighted by Crippen LogP contribution is -2.37. The minimum Gasteiger partial charge on any atom is -0.356 e. The van der Waals surface area contributed by atoms with Crippen molar-refractivity contribution in [3.63, 3.8) is 0 Å². The molecule has 1 saturated heterocycles. The standard InChI is InChI=1S/C10H20N2OS/c1-8(5-11-2)10(13)12-6-9-3-4-14-7-9/h8-9,11H,3-7H2,1-2H3,(H,12,13). The molecule has 0 bridgehead atoms. The van der Waals surface area contributed by atoms with E-state index in [9.17, 15) is 4.79 Å². The lowest BCUT2D eigenvalue weighted by atomic mass is 10.1. The summed E-state index contributed by atoms with van der Waals surface area (Å²) < 4.78 is 0. The van der Waals surface area contributed by atoms with Crippen molar-refractivity contribution in [1.29, 1.82) is 0 Å². The van der Waals surface area contributed by atoms with Crippen LogP contribution < -0.4 is 10.6 Å². The molecule has 1 heterocycles. The van der Waals surface area contributed by atoms with Gasteiger partial charge in [0.05, 0.1) is 0 Å². The Morgan fingerprint density at radius 1 is 1.64 bits per heavy atom. The van der Waals surface area contributed by atoms with Crippen molar-refractivity contribution in [2.75, 3.05) is 31.6 Å². The Hall–Kier alpha value is -0.220. The Morgan fingerprint density at radius 3 is 3.00 bits per heavy atom. The second-order valence-electron chi connectivity index (χ2n) is 3.93. The lowest BCUT2D eigenvalue weighted by Gasteiger charge is -2.14. The molecule has 2 atom stereocenters. The van der Waals surface area contributed by atoms with E-state index in [0.717, 1.165) is 13.1 Å². The monoisotopic (exact) mass is 216 g/mol. The predicted octanol–water partition coefficient (Wildman–Crippen LogP) is 0.711. The summed E-state index contributed by atoms with van der Waals surface area (Å²) in [6, 6.07) is 0. The van der Waals surface area contributed by atoms with Crippen LogP contribution in [0.25, 0.3) is 0 Å². The molecular weight excluding hydrogens is 196 g/mol. The molecule has 1 aliphatic heterocycles. The van der Waals surface area contributed by atoms with Crippen LogP contribution in [-0.4, -0.2) is 37.6 Å². The molecule has 0 aromatic carbocycles. The SMILES string of the molecule is CNCC(C)C(=O)NCC1CCSC1. The summed E-state index contributed by atoms with van der Waals surface area (Å²) in [5.41, 5.74) is 0. The van der Waals surface area contributed by atoms with Gasteiger partial charge in [0.1, 0.15) is 0 Å². The fourth-order valence-corrected chi connectivity index (χ4v) is 2.85. The zero-order valence-corrected chi connectivity index (χ0v) is 9.82. The zero-order valence-electron chi connectivity index (χ0n) is 9.01. The van der Waals surface area contributed by atoms with Gasteiger partial charge in [-0.2, -0.15) is 11.8 Å². The maximum atomic E-state index is 11.5. The average Bonchev–Trinajstić information content (AvgIpc) is 2.67. The number of hydrogen-bond donors (Lipinski definition) is 2. The Bertz CT molecular complexity index is 181. The summed E-state index contributed by atoms with van der Waals surface area (Å²) >= 11 is 1.99. The first-order valence-electron chi connectivity index (χ1n) is 5.24. The number of hydrogen-bond acceptors (Lipinski definition) is 3. The molecule has 4 heteroatoms. The third-order valence-corrected chi connectivity index (χ3v) is 3.78. The smallest absolute Gasteiger partial charge is 0.224 e. The van der Waals surface area contributed by atoms with Gasteiger partial charge in [0, 0.05) is 19.0 Å². The highest BCUT2D eigenvalue weighted by Crippen LogP contribution is 2.22. The Kier molecular flexibility index (Phi) is 5.33. The Labute approximate surface area is 90.4 Å². The van der Waals surface area contributed by atoms with Gasteiger partial charge in [0.15, 0.2) is 0 Å². The molecule has 0 aromatic rings. The van der Waals surface area contributed by atoms with Crippen molar-refractivity contribution >= 4 is 17.7 Å². The van der Waals surface area contributed by atoms with Gasteiger partial charge in [-0.1, -0.05) is 6.92 Å². The number of carbonyl (C=O) groups excluding carboxylic acids is 1. The summed E-state index contributed by atoms with van der Waals surface area (Å²) in [7, 11) is 1.87. The first-order valence-corrected chi connectivity index (χ1v) is 6.39. The fraction of sp³-hybridized carbons (Fsp3) is 0.900. The van der Waals surface area contributed by atoms with E-state index in [1.807, 2.05) is 25.7 Å². The van der Waals surface area contributed by atoms with Gasteiger partial charge in [-0.25, -0.2) is 0 Å². The summed E-state index contributed by atoms with van der Waals surface area (Å²) in [5.74, 6) is 3.42. The Balaban J connectivity index is 2.13. The molecule has 1 fully saturated rings. The molecule has 0 aliphatic carbocycles. The van der Waals surface area contributed by atoms with Crippen LogP contribution in [0.2, 0.25) is 0 Å². The second kappa shape index (κ2) is 6.30. The predicted molar refractivity (Wildman–Crippen MR) is 61.5 cm³/mol. The van der Waals surface area contributed by atoms with Crippen LogP contribution in [0.4, 0.5) is 0 Å². The van der Waals surface area contributed by atoms with E-state index in [1.54, 1.807) is 0 Å². The molecule has 0 aromatic heterocycles. The first-order chi connectivity index (χ1) is 6.74. The third-order valence-electron chi connectivity index (χ3n) is 2.55. The van der Waals surface area contributed by atoms with Gasteiger partial charge in [0.2, 0.25) is 5.91 Å². The van der Waals surface area contributed by atoms with Crippen molar-refractivity contribution in [1.82, 2.24) is 10.6 Å². The van der Waals surface area contributed by atoms with Crippen molar-refractivity contribution in [3.8, 4) is 0 Å². The fourth-order valence-electron chi connectivity index (χ4n) is 1.56. The van der Waals surface area contributed by atoms with Gasteiger partial charge in [-0.3, -0.25) is 4.79 Å². The molecular formula is C10H20N2OS. The van der Waals surface area contributed by atoms with Gasteiger partial charge in [0.25, 0.3) is 0 Å². The van der Waals surface area contributed by atoms with Gasteiger partial charge in [-0.15, -0.1) is 0 Å². The maximum absolute atomic E-state index is 11.5. The normalized spacial score (nSPS) is 23.4. The highest BCUT2D eigenvalue weighted by molar-refractivity contribution is 7.99. The van der Waals surface area contributed by atoms with Crippen LogP contribution in [0.15, 0.2) is 0 Å².